The molecule has 5 rings (SSSR count). The van der Waals surface area contributed by atoms with Crippen molar-refractivity contribution in [3.63, 3.8) is 0 Å². The van der Waals surface area contributed by atoms with E-state index in [1.54, 1.807) is 7.11 Å². The molecule has 7 heteroatoms. The van der Waals surface area contributed by atoms with Crippen LogP contribution in [0.4, 0.5) is 0 Å². The minimum absolute atomic E-state index is 0.275. The molecule has 1 aromatic carbocycles. The number of likely N-dealkylation sites (tertiary alicyclic amines) is 1. The molecular weight excluding hydrogens is 354 g/mol. The molecule has 2 aromatic heterocycles. The van der Waals surface area contributed by atoms with Crippen molar-refractivity contribution in [1.82, 2.24) is 24.7 Å². The van der Waals surface area contributed by atoms with Crippen LogP contribution in [0.2, 0.25) is 0 Å². The summed E-state index contributed by atoms with van der Waals surface area (Å²) in [5.41, 5.74) is 2.65. The molecule has 0 spiro atoms. The van der Waals surface area contributed by atoms with Crippen LogP contribution < -0.4 is 4.74 Å². The van der Waals surface area contributed by atoms with E-state index in [1.807, 2.05) is 45.8 Å². The predicted molar refractivity (Wildman–Crippen MR) is 104 cm³/mol. The van der Waals surface area contributed by atoms with Gasteiger partial charge in [0.25, 0.3) is 0 Å². The average molecular weight is 377 g/mol. The van der Waals surface area contributed by atoms with Gasteiger partial charge in [-0.1, -0.05) is 0 Å². The molecule has 0 radical (unpaired) electrons. The number of carbonyl (C=O) groups is 1. The standard InChI is InChI=1S/C21H23N5O2/c1-28-17-6-4-14(5-7-17)18-8-9-19-22-23-20(26(19)24-18)15-10-12-25(13-11-15)21(27)16-2-3-16/h4-9,15-16H,2-3,10-13H2,1H3. The number of benzene rings is 1. The molecule has 0 unspecified atom stereocenters. The first-order valence-electron chi connectivity index (χ1n) is 9.88. The Morgan fingerprint density at radius 1 is 1.00 bits per heavy atom. The number of hydrogen-bond donors (Lipinski definition) is 0. The smallest absolute Gasteiger partial charge is 0.225 e. The molecule has 3 heterocycles. The molecule has 3 aromatic rings. The molecule has 2 fully saturated rings. The molecular formula is C21H23N5O2. The van der Waals surface area contributed by atoms with Gasteiger partial charge in [-0.2, -0.15) is 9.61 Å². The fourth-order valence-corrected chi connectivity index (χ4v) is 3.92. The summed E-state index contributed by atoms with van der Waals surface area (Å²) >= 11 is 0. The largest absolute Gasteiger partial charge is 0.497 e. The van der Waals surface area contributed by atoms with Crippen molar-refractivity contribution < 1.29 is 9.53 Å². The average Bonchev–Trinajstić information content (AvgIpc) is 3.52. The summed E-state index contributed by atoms with van der Waals surface area (Å²) in [6, 6.07) is 11.8. The number of carbonyl (C=O) groups excluding carboxylic acids is 1. The summed E-state index contributed by atoms with van der Waals surface area (Å²) in [5.74, 6) is 2.62. The second-order valence-corrected chi connectivity index (χ2v) is 7.65. The van der Waals surface area contributed by atoms with Crippen LogP contribution in [0.1, 0.15) is 37.4 Å². The van der Waals surface area contributed by atoms with E-state index in [-0.39, 0.29) is 5.92 Å². The SMILES string of the molecule is COc1ccc(-c2ccc3nnc(C4CCN(C(=O)C5CC5)CC4)n3n2)cc1. The Morgan fingerprint density at radius 3 is 2.43 bits per heavy atom. The molecule has 2 aliphatic rings. The van der Waals surface area contributed by atoms with Crippen LogP contribution in [-0.4, -0.2) is 50.8 Å². The lowest BCUT2D eigenvalue weighted by Gasteiger charge is -2.31. The summed E-state index contributed by atoms with van der Waals surface area (Å²) in [4.78, 5) is 14.3. The van der Waals surface area contributed by atoms with Crippen LogP contribution in [0.3, 0.4) is 0 Å². The van der Waals surface area contributed by atoms with E-state index in [4.69, 9.17) is 9.84 Å². The minimum Gasteiger partial charge on any atom is -0.497 e. The number of fused-ring (bicyclic) bond motifs is 1. The number of rotatable bonds is 4. The summed E-state index contributed by atoms with van der Waals surface area (Å²) < 4.78 is 7.10. The molecule has 1 amide bonds. The van der Waals surface area contributed by atoms with Crippen molar-refractivity contribution >= 4 is 11.6 Å². The van der Waals surface area contributed by atoms with Crippen LogP contribution >= 0.6 is 0 Å². The number of aromatic nitrogens is 4. The minimum atomic E-state index is 0.275. The zero-order valence-corrected chi connectivity index (χ0v) is 15.9. The van der Waals surface area contributed by atoms with Gasteiger partial charge >= 0.3 is 0 Å². The zero-order chi connectivity index (χ0) is 19.1. The molecule has 1 aliphatic carbocycles. The van der Waals surface area contributed by atoms with Crippen molar-refractivity contribution in [2.45, 2.75) is 31.6 Å². The molecule has 1 saturated heterocycles. The fraction of sp³-hybridized carbons (Fsp3) is 0.429. The normalized spacial score (nSPS) is 17.8. The highest BCUT2D eigenvalue weighted by molar-refractivity contribution is 5.81. The molecule has 1 saturated carbocycles. The Labute approximate surface area is 163 Å². The van der Waals surface area contributed by atoms with Gasteiger partial charge in [-0.15, -0.1) is 10.2 Å². The first kappa shape index (κ1) is 17.2. The van der Waals surface area contributed by atoms with Crippen molar-refractivity contribution in [2.24, 2.45) is 5.92 Å². The Balaban J connectivity index is 1.38. The fourth-order valence-electron chi connectivity index (χ4n) is 3.92. The van der Waals surface area contributed by atoms with E-state index >= 15 is 0 Å². The summed E-state index contributed by atoms with van der Waals surface area (Å²) in [5, 5.41) is 13.5. The van der Waals surface area contributed by atoms with Gasteiger partial charge in [0.2, 0.25) is 5.91 Å². The lowest BCUT2D eigenvalue weighted by atomic mass is 9.96. The molecule has 28 heavy (non-hydrogen) atoms. The van der Waals surface area contributed by atoms with Gasteiger partial charge in [-0.3, -0.25) is 4.79 Å². The summed E-state index contributed by atoms with van der Waals surface area (Å²) in [6.45, 7) is 1.60. The highest BCUT2D eigenvalue weighted by Gasteiger charge is 2.35. The zero-order valence-electron chi connectivity index (χ0n) is 15.9. The summed E-state index contributed by atoms with van der Waals surface area (Å²) in [7, 11) is 1.66. The third-order valence-corrected chi connectivity index (χ3v) is 5.77. The second-order valence-electron chi connectivity index (χ2n) is 7.65. The lowest BCUT2D eigenvalue weighted by molar-refractivity contribution is -0.133. The van der Waals surface area contributed by atoms with E-state index in [0.29, 0.717) is 11.8 Å². The van der Waals surface area contributed by atoms with E-state index in [1.165, 1.54) is 0 Å². The summed E-state index contributed by atoms with van der Waals surface area (Å²) in [6.07, 6.45) is 3.94. The van der Waals surface area contributed by atoms with E-state index in [2.05, 4.69) is 10.2 Å². The Hall–Kier alpha value is -2.96. The van der Waals surface area contributed by atoms with Crippen LogP contribution in [0.5, 0.6) is 5.75 Å². The molecule has 0 bridgehead atoms. The third-order valence-electron chi connectivity index (χ3n) is 5.77. The van der Waals surface area contributed by atoms with Gasteiger partial charge < -0.3 is 9.64 Å². The van der Waals surface area contributed by atoms with Gasteiger partial charge in [0, 0.05) is 30.5 Å². The number of hydrogen-bond acceptors (Lipinski definition) is 5. The van der Waals surface area contributed by atoms with Crippen molar-refractivity contribution in [2.75, 3.05) is 20.2 Å². The first-order valence-corrected chi connectivity index (χ1v) is 9.88. The quantitative estimate of drug-likeness (QED) is 0.699. The van der Waals surface area contributed by atoms with E-state index < -0.39 is 0 Å². The van der Waals surface area contributed by atoms with Crippen LogP contribution in [0.15, 0.2) is 36.4 Å². The van der Waals surface area contributed by atoms with Gasteiger partial charge in [0.1, 0.15) is 5.75 Å². The molecule has 7 nitrogen and oxygen atoms in total. The van der Waals surface area contributed by atoms with Gasteiger partial charge in [0.15, 0.2) is 11.5 Å². The highest BCUT2D eigenvalue weighted by atomic mass is 16.5. The van der Waals surface area contributed by atoms with Crippen LogP contribution in [-0.2, 0) is 4.79 Å². The van der Waals surface area contributed by atoms with Crippen molar-refractivity contribution in [1.29, 1.82) is 0 Å². The maximum atomic E-state index is 12.3. The van der Waals surface area contributed by atoms with Gasteiger partial charge in [-0.05, 0) is 62.1 Å². The molecule has 0 N–H and O–H groups in total. The van der Waals surface area contributed by atoms with Crippen LogP contribution in [0, 0.1) is 5.92 Å². The predicted octanol–water partition coefficient (Wildman–Crippen LogP) is 2.92. The number of ether oxygens (including phenoxy) is 1. The molecule has 144 valence electrons. The van der Waals surface area contributed by atoms with Crippen molar-refractivity contribution in [3.8, 4) is 17.0 Å². The Bertz CT molecular complexity index is 1000. The topological polar surface area (TPSA) is 72.6 Å². The number of amides is 1. The van der Waals surface area contributed by atoms with E-state index in [0.717, 1.165) is 67.3 Å². The Kier molecular flexibility index (Phi) is 4.22. The lowest BCUT2D eigenvalue weighted by Crippen LogP contribution is -2.39. The first-order chi connectivity index (χ1) is 13.7. The number of piperidine rings is 1. The maximum absolute atomic E-state index is 12.3. The van der Waals surface area contributed by atoms with Gasteiger partial charge in [0.05, 0.1) is 12.8 Å². The van der Waals surface area contributed by atoms with Gasteiger partial charge in [-0.25, -0.2) is 0 Å². The van der Waals surface area contributed by atoms with E-state index in [9.17, 15) is 4.79 Å². The molecule has 1 aliphatic heterocycles. The third kappa shape index (κ3) is 3.10. The second kappa shape index (κ2) is 6.89. The monoisotopic (exact) mass is 377 g/mol. The Morgan fingerprint density at radius 2 is 1.75 bits per heavy atom. The van der Waals surface area contributed by atoms with Crippen molar-refractivity contribution in [3.05, 3.63) is 42.2 Å². The highest BCUT2D eigenvalue weighted by Crippen LogP contribution is 2.34. The number of nitrogens with zero attached hydrogens (tertiary/aromatic N) is 5. The number of methoxy groups -OCH3 is 1. The maximum Gasteiger partial charge on any atom is 0.225 e. The molecule has 0 atom stereocenters. The van der Waals surface area contributed by atoms with Crippen LogP contribution in [0.25, 0.3) is 16.9 Å².